The second-order valence-electron chi connectivity index (χ2n) is 7.88. The van der Waals surface area contributed by atoms with Crippen LogP contribution in [0.25, 0.3) is 22.3 Å². The summed E-state index contributed by atoms with van der Waals surface area (Å²) in [5, 5.41) is 11.0. The summed E-state index contributed by atoms with van der Waals surface area (Å²) in [5.41, 5.74) is 1.78. The zero-order chi connectivity index (χ0) is 21.6. The third-order valence-electron chi connectivity index (χ3n) is 5.53. The van der Waals surface area contributed by atoms with E-state index in [1.165, 1.54) is 19.3 Å². The number of rotatable bonds is 8. The number of benzene rings is 2. The van der Waals surface area contributed by atoms with Gasteiger partial charge in [-0.1, -0.05) is 36.8 Å². The average molecular weight is 460 g/mol. The van der Waals surface area contributed by atoms with Gasteiger partial charge in [0.25, 0.3) is 0 Å². The number of furan rings is 1. The number of likely N-dealkylation sites (tertiary alicyclic amines) is 1. The van der Waals surface area contributed by atoms with Crippen LogP contribution in [-0.4, -0.2) is 54.9 Å². The van der Waals surface area contributed by atoms with Crippen molar-refractivity contribution in [2.24, 2.45) is 0 Å². The summed E-state index contributed by atoms with van der Waals surface area (Å²) in [6.45, 7) is 4.92. The van der Waals surface area contributed by atoms with Crippen LogP contribution in [0.1, 0.15) is 36.5 Å². The van der Waals surface area contributed by atoms with Gasteiger partial charge in [0, 0.05) is 17.5 Å². The van der Waals surface area contributed by atoms with Crippen molar-refractivity contribution in [3.05, 3.63) is 54.1 Å². The Balaban J connectivity index is 0.00000289. The van der Waals surface area contributed by atoms with E-state index in [-0.39, 0.29) is 25.6 Å². The Bertz CT molecular complexity index is 1010. The summed E-state index contributed by atoms with van der Waals surface area (Å²) in [4.78, 5) is 15.0. The number of halogens is 1. The molecule has 0 spiro atoms. The summed E-state index contributed by atoms with van der Waals surface area (Å²) < 4.78 is 17.2. The Hall–Kier alpha value is -2.54. The molecule has 0 aliphatic carbocycles. The molecule has 1 atom stereocenters. The van der Waals surface area contributed by atoms with Gasteiger partial charge >= 0.3 is 5.97 Å². The largest absolute Gasteiger partial charge is 0.491 e. The number of aliphatic hydroxyl groups excluding tert-OH is 1. The quantitative estimate of drug-likeness (QED) is 0.482. The number of fused-ring (bicyclic) bond motifs is 1. The molecule has 1 aliphatic heterocycles. The van der Waals surface area contributed by atoms with Crippen LogP contribution in [0.4, 0.5) is 0 Å². The van der Waals surface area contributed by atoms with Gasteiger partial charge < -0.3 is 23.9 Å². The molecule has 0 radical (unpaired) electrons. The second-order valence-corrected chi connectivity index (χ2v) is 7.88. The van der Waals surface area contributed by atoms with E-state index in [0.29, 0.717) is 34.6 Å². The molecule has 1 N–H and O–H groups in total. The summed E-state index contributed by atoms with van der Waals surface area (Å²) in [5.74, 6) is 0.634. The maximum Gasteiger partial charge on any atom is 0.342 e. The van der Waals surface area contributed by atoms with Gasteiger partial charge in [-0.25, -0.2) is 4.79 Å². The lowest BCUT2D eigenvalue weighted by Gasteiger charge is -2.28. The predicted molar refractivity (Wildman–Crippen MR) is 127 cm³/mol. The first-order valence-electron chi connectivity index (χ1n) is 11.0. The fourth-order valence-corrected chi connectivity index (χ4v) is 4.05. The Morgan fingerprint density at radius 2 is 1.88 bits per heavy atom. The number of hydrogen-bond donors (Lipinski definition) is 1. The van der Waals surface area contributed by atoms with Gasteiger partial charge in [0.05, 0.1) is 6.61 Å². The molecule has 2 heterocycles. The summed E-state index contributed by atoms with van der Waals surface area (Å²) in [7, 11) is 0. The lowest BCUT2D eigenvalue weighted by atomic mass is 10.1. The lowest BCUT2D eigenvalue weighted by Crippen LogP contribution is -2.38. The average Bonchev–Trinajstić information content (AvgIpc) is 3.18. The molecule has 1 saturated heterocycles. The molecular weight excluding hydrogens is 430 g/mol. The van der Waals surface area contributed by atoms with Crippen LogP contribution in [0.5, 0.6) is 5.75 Å². The van der Waals surface area contributed by atoms with Gasteiger partial charge in [0.2, 0.25) is 0 Å². The van der Waals surface area contributed by atoms with Gasteiger partial charge in [-0.05, 0) is 51.1 Å². The minimum atomic E-state index is -0.567. The maximum absolute atomic E-state index is 12.7. The highest BCUT2D eigenvalue weighted by Crippen LogP contribution is 2.36. The molecule has 3 aromatic rings. The molecule has 0 saturated carbocycles. The molecule has 7 heteroatoms. The second kappa shape index (κ2) is 11.4. The molecule has 2 aromatic carbocycles. The van der Waals surface area contributed by atoms with Crippen molar-refractivity contribution in [1.29, 1.82) is 0 Å². The van der Waals surface area contributed by atoms with Gasteiger partial charge in [-0.15, -0.1) is 12.4 Å². The van der Waals surface area contributed by atoms with E-state index in [1.807, 2.05) is 30.3 Å². The summed E-state index contributed by atoms with van der Waals surface area (Å²) in [6, 6.07) is 14.9. The summed E-state index contributed by atoms with van der Waals surface area (Å²) in [6.07, 6.45) is 3.07. The molecule has 32 heavy (non-hydrogen) atoms. The molecule has 1 aromatic heterocycles. The number of ether oxygens (including phenoxy) is 2. The first-order valence-corrected chi connectivity index (χ1v) is 11.0. The minimum Gasteiger partial charge on any atom is -0.491 e. The SMILES string of the molecule is CCOC(=O)c1c(-c2ccccc2)oc2ccc(OCC(O)CN3CCCCC3)cc12.Cl. The molecule has 1 fully saturated rings. The Labute approximate surface area is 194 Å². The van der Waals surface area contributed by atoms with Crippen LogP contribution >= 0.6 is 12.4 Å². The molecule has 0 amide bonds. The first-order chi connectivity index (χ1) is 15.2. The van der Waals surface area contributed by atoms with Crippen molar-refractivity contribution in [2.75, 3.05) is 32.8 Å². The van der Waals surface area contributed by atoms with Crippen molar-refractivity contribution in [2.45, 2.75) is 32.3 Å². The van der Waals surface area contributed by atoms with Gasteiger partial charge in [-0.3, -0.25) is 0 Å². The monoisotopic (exact) mass is 459 g/mol. The molecule has 1 unspecified atom stereocenters. The number of carbonyl (C=O) groups is 1. The Kier molecular flexibility index (Phi) is 8.56. The first kappa shape index (κ1) is 24.1. The number of piperidine rings is 1. The van der Waals surface area contributed by atoms with Crippen LogP contribution in [-0.2, 0) is 4.74 Å². The van der Waals surface area contributed by atoms with Crippen molar-refractivity contribution >= 4 is 29.3 Å². The number of β-amino-alcohol motifs (C(OH)–C–C–N with tert-alkyl or cyclic N) is 1. The third kappa shape index (κ3) is 5.63. The maximum atomic E-state index is 12.7. The van der Waals surface area contributed by atoms with E-state index in [0.717, 1.165) is 18.7 Å². The summed E-state index contributed by atoms with van der Waals surface area (Å²) >= 11 is 0. The zero-order valence-electron chi connectivity index (χ0n) is 18.3. The van der Waals surface area contributed by atoms with Crippen molar-refractivity contribution in [3.63, 3.8) is 0 Å². The highest BCUT2D eigenvalue weighted by Gasteiger charge is 2.24. The normalized spacial score (nSPS) is 15.2. The zero-order valence-corrected chi connectivity index (χ0v) is 19.1. The van der Waals surface area contributed by atoms with Gasteiger partial charge in [0.15, 0.2) is 0 Å². The number of esters is 1. The smallest absolute Gasteiger partial charge is 0.342 e. The highest BCUT2D eigenvalue weighted by molar-refractivity contribution is 6.09. The van der Waals surface area contributed by atoms with Crippen LogP contribution < -0.4 is 4.74 Å². The molecule has 1 aliphatic rings. The van der Waals surface area contributed by atoms with Crippen molar-refractivity contribution < 1.29 is 23.8 Å². The molecule has 0 bridgehead atoms. The van der Waals surface area contributed by atoms with Crippen LogP contribution in [0.2, 0.25) is 0 Å². The van der Waals surface area contributed by atoms with Gasteiger partial charge in [0.1, 0.15) is 35.4 Å². The Morgan fingerprint density at radius 1 is 1.12 bits per heavy atom. The molecular formula is C25H30ClNO5. The Morgan fingerprint density at radius 3 is 2.59 bits per heavy atom. The van der Waals surface area contributed by atoms with Crippen LogP contribution in [0.15, 0.2) is 52.9 Å². The third-order valence-corrected chi connectivity index (χ3v) is 5.53. The fraction of sp³-hybridized carbons (Fsp3) is 0.400. The number of carbonyl (C=O) groups excluding carboxylic acids is 1. The van der Waals surface area contributed by atoms with E-state index in [9.17, 15) is 9.90 Å². The lowest BCUT2D eigenvalue weighted by molar-refractivity contribution is 0.0528. The molecule has 6 nitrogen and oxygen atoms in total. The standard InChI is InChI=1S/C25H29NO5.ClH/c1-2-29-25(28)23-21-15-20(30-17-19(27)16-26-13-7-4-8-14-26)11-12-22(21)31-24(23)18-9-5-3-6-10-18;/h3,5-6,9-12,15,19,27H,2,4,7-8,13-14,16-17H2,1H3;1H. The van der Waals surface area contributed by atoms with Gasteiger partial charge in [-0.2, -0.15) is 0 Å². The van der Waals surface area contributed by atoms with Crippen molar-refractivity contribution in [3.8, 4) is 17.1 Å². The van der Waals surface area contributed by atoms with E-state index in [1.54, 1.807) is 25.1 Å². The molecule has 4 rings (SSSR count). The van der Waals surface area contributed by atoms with E-state index < -0.39 is 12.1 Å². The molecule has 172 valence electrons. The topological polar surface area (TPSA) is 72.1 Å². The highest BCUT2D eigenvalue weighted by atomic mass is 35.5. The number of nitrogens with zero attached hydrogens (tertiary/aromatic N) is 1. The predicted octanol–water partition coefficient (Wildman–Crippen LogP) is 4.92. The van der Waals surface area contributed by atoms with E-state index >= 15 is 0 Å². The van der Waals surface area contributed by atoms with E-state index in [2.05, 4.69) is 4.90 Å². The number of aliphatic hydroxyl groups is 1. The fourth-order valence-electron chi connectivity index (χ4n) is 4.05. The van der Waals surface area contributed by atoms with Crippen LogP contribution in [0, 0.1) is 0 Å². The number of hydrogen-bond acceptors (Lipinski definition) is 6. The van der Waals surface area contributed by atoms with E-state index in [4.69, 9.17) is 13.9 Å². The minimum absolute atomic E-state index is 0. The van der Waals surface area contributed by atoms with Crippen LogP contribution in [0.3, 0.4) is 0 Å². The van der Waals surface area contributed by atoms with Crippen molar-refractivity contribution in [1.82, 2.24) is 4.90 Å².